The minimum atomic E-state index is -1.15. The van der Waals surface area contributed by atoms with E-state index in [0.717, 1.165) is 15.9 Å². The van der Waals surface area contributed by atoms with Crippen LogP contribution < -0.4 is 5.73 Å². The Hall–Kier alpha value is -2.22. The number of carbonyl (C=O) groups excluding carboxylic acids is 1. The second kappa shape index (κ2) is 3.98. The molecule has 8 heteroatoms. The summed E-state index contributed by atoms with van der Waals surface area (Å²) in [4.78, 5) is 30.3. The highest BCUT2D eigenvalue weighted by Gasteiger charge is 2.19. The third kappa shape index (κ3) is 1.89. The van der Waals surface area contributed by atoms with Crippen LogP contribution in [0.5, 0.6) is 0 Å². The van der Waals surface area contributed by atoms with Crippen LogP contribution in [0.1, 0.15) is 15.5 Å². The van der Waals surface area contributed by atoms with Crippen molar-refractivity contribution in [2.45, 2.75) is 6.92 Å². The van der Waals surface area contributed by atoms with Crippen LogP contribution in [-0.2, 0) is 0 Å². The molecule has 0 saturated heterocycles. The van der Waals surface area contributed by atoms with Gasteiger partial charge >= 0.3 is 6.09 Å². The van der Waals surface area contributed by atoms with Gasteiger partial charge in [-0.1, -0.05) is 0 Å². The van der Waals surface area contributed by atoms with Crippen molar-refractivity contribution in [2.75, 3.05) is 0 Å². The van der Waals surface area contributed by atoms with Crippen LogP contribution in [0.25, 0.3) is 10.7 Å². The average Bonchev–Trinajstić information content (AvgIpc) is 2.82. The van der Waals surface area contributed by atoms with E-state index in [1.54, 1.807) is 6.92 Å². The van der Waals surface area contributed by atoms with Crippen molar-refractivity contribution < 1.29 is 14.7 Å². The topological polar surface area (TPSA) is 111 Å². The average molecular weight is 252 g/mol. The number of nitrogens with two attached hydrogens (primary N) is 1. The zero-order valence-electron chi connectivity index (χ0n) is 8.75. The predicted octanol–water partition coefficient (Wildman–Crippen LogP) is 0.940. The van der Waals surface area contributed by atoms with Gasteiger partial charge in [-0.05, 0) is 6.92 Å². The zero-order chi connectivity index (χ0) is 12.6. The lowest BCUT2D eigenvalue weighted by atomic mass is 10.4. The van der Waals surface area contributed by atoms with Crippen molar-refractivity contribution >= 4 is 23.3 Å². The second-order valence-corrected chi connectivity index (χ2v) is 4.20. The highest BCUT2D eigenvalue weighted by molar-refractivity contribution is 7.17. The largest absolute Gasteiger partial charge is 0.464 e. The Morgan fingerprint density at radius 3 is 2.76 bits per heavy atom. The fourth-order valence-electron chi connectivity index (χ4n) is 1.34. The van der Waals surface area contributed by atoms with Gasteiger partial charge in [-0.25, -0.2) is 19.3 Å². The van der Waals surface area contributed by atoms with Crippen LogP contribution in [0.4, 0.5) is 4.79 Å². The van der Waals surface area contributed by atoms with Crippen LogP contribution in [-0.4, -0.2) is 31.6 Å². The standard InChI is InChI=1S/C9H8N4O3S/c1-4-5(17-8(12-4)6(10)14)7-11-2-3-13(7)9(15)16/h2-3H,1H3,(H2,10,14)(H,15,16). The molecule has 0 aliphatic heterocycles. The van der Waals surface area contributed by atoms with E-state index in [1.165, 1.54) is 12.4 Å². The Morgan fingerprint density at radius 2 is 2.24 bits per heavy atom. The summed E-state index contributed by atoms with van der Waals surface area (Å²) in [5.74, 6) is -0.405. The van der Waals surface area contributed by atoms with Crippen LogP contribution in [0, 0.1) is 6.92 Å². The lowest BCUT2D eigenvalue weighted by Crippen LogP contribution is -2.10. The van der Waals surface area contributed by atoms with Gasteiger partial charge in [-0.2, -0.15) is 0 Å². The van der Waals surface area contributed by atoms with E-state index in [1.807, 2.05) is 0 Å². The molecular weight excluding hydrogens is 244 g/mol. The molecule has 2 aromatic rings. The molecule has 0 atom stereocenters. The van der Waals surface area contributed by atoms with Gasteiger partial charge in [0.15, 0.2) is 10.8 Å². The van der Waals surface area contributed by atoms with Crippen LogP contribution in [0.2, 0.25) is 0 Å². The normalized spacial score (nSPS) is 10.4. The molecule has 17 heavy (non-hydrogen) atoms. The summed E-state index contributed by atoms with van der Waals surface area (Å²) in [6, 6.07) is 0. The molecule has 0 aromatic carbocycles. The van der Waals surface area contributed by atoms with Crippen molar-refractivity contribution in [3.8, 4) is 10.7 Å². The molecule has 0 bridgehead atoms. The fraction of sp³-hybridized carbons (Fsp3) is 0.111. The number of amides is 1. The van der Waals surface area contributed by atoms with Gasteiger partial charge in [0, 0.05) is 12.4 Å². The van der Waals surface area contributed by atoms with E-state index >= 15 is 0 Å². The number of imidazole rings is 1. The van der Waals surface area contributed by atoms with Crippen LogP contribution >= 0.6 is 11.3 Å². The van der Waals surface area contributed by atoms with Crippen LogP contribution in [0.3, 0.4) is 0 Å². The number of primary amides is 1. The molecule has 0 fully saturated rings. The zero-order valence-corrected chi connectivity index (χ0v) is 9.56. The molecule has 3 N–H and O–H groups in total. The molecule has 0 radical (unpaired) electrons. The second-order valence-electron chi connectivity index (χ2n) is 3.20. The number of hydrogen-bond acceptors (Lipinski definition) is 5. The van der Waals surface area contributed by atoms with Crippen molar-refractivity contribution in [1.82, 2.24) is 14.5 Å². The number of hydrogen-bond donors (Lipinski definition) is 2. The lowest BCUT2D eigenvalue weighted by molar-refractivity contribution is 0.0999. The maximum Gasteiger partial charge on any atom is 0.417 e. The fourth-order valence-corrected chi connectivity index (χ4v) is 2.25. The van der Waals surface area contributed by atoms with Crippen molar-refractivity contribution in [3.05, 3.63) is 23.1 Å². The Morgan fingerprint density at radius 1 is 1.53 bits per heavy atom. The first-order valence-corrected chi connectivity index (χ1v) is 5.36. The molecular formula is C9H8N4O3S. The van der Waals surface area contributed by atoms with Gasteiger partial charge < -0.3 is 10.8 Å². The quantitative estimate of drug-likeness (QED) is 0.826. The van der Waals surface area contributed by atoms with Gasteiger partial charge in [-0.3, -0.25) is 4.79 Å². The summed E-state index contributed by atoms with van der Waals surface area (Å²) in [6.07, 6.45) is 1.54. The maximum absolute atomic E-state index is 11.0. The van der Waals surface area contributed by atoms with Crippen molar-refractivity contribution in [2.24, 2.45) is 5.73 Å². The van der Waals surface area contributed by atoms with E-state index in [4.69, 9.17) is 10.8 Å². The Balaban J connectivity index is 2.56. The summed E-state index contributed by atoms with van der Waals surface area (Å²) < 4.78 is 0.964. The first kappa shape index (κ1) is 11.3. The maximum atomic E-state index is 11.0. The molecule has 2 heterocycles. The molecule has 0 aliphatic rings. The van der Waals surface area contributed by atoms with E-state index in [2.05, 4.69) is 9.97 Å². The summed E-state index contributed by atoms with van der Waals surface area (Å²) in [5, 5.41) is 9.07. The Bertz CT molecular complexity index is 601. The first-order chi connectivity index (χ1) is 8.00. The Kier molecular flexibility index (Phi) is 2.64. The van der Waals surface area contributed by atoms with E-state index in [9.17, 15) is 9.59 Å². The number of nitrogens with zero attached hydrogens (tertiary/aromatic N) is 3. The first-order valence-electron chi connectivity index (χ1n) is 4.55. The number of rotatable bonds is 2. The summed E-state index contributed by atoms with van der Waals surface area (Å²) in [6.45, 7) is 1.67. The van der Waals surface area contributed by atoms with Gasteiger partial charge in [0.25, 0.3) is 5.91 Å². The smallest absolute Gasteiger partial charge is 0.417 e. The SMILES string of the molecule is Cc1nc(C(N)=O)sc1-c1nccn1C(=O)O. The summed E-state index contributed by atoms with van der Waals surface area (Å²) in [5.41, 5.74) is 5.64. The lowest BCUT2D eigenvalue weighted by Gasteiger charge is -1.99. The van der Waals surface area contributed by atoms with Crippen molar-refractivity contribution in [3.63, 3.8) is 0 Å². The highest BCUT2D eigenvalue weighted by atomic mass is 32.1. The molecule has 0 spiro atoms. The minimum Gasteiger partial charge on any atom is -0.464 e. The Labute approximate surface area is 99.5 Å². The summed E-state index contributed by atoms with van der Waals surface area (Å²) >= 11 is 1.02. The van der Waals surface area contributed by atoms with E-state index in [0.29, 0.717) is 10.6 Å². The van der Waals surface area contributed by atoms with Crippen molar-refractivity contribution in [1.29, 1.82) is 0 Å². The number of carboxylic acid groups (broad SMARTS) is 1. The van der Waals surface area contributed by atoms with Gasteiger partial charge in [0.2, 0.25) is 0 Å². The number of aromatic nitrogens is 3. The van der Waals surface area contributed by atoms with Crippen LogP contribution in [0.15, 0.2) is 12.4 Å². The minimum absolute atomic E-state index is 0.137. The highest BCUT2D eigenvalue weighted by Crippen LogP contribution is 2.28. The molecule has 0 unspecified atom stereocenters. The van der Waals surface area contributed by atoms with Gasteiger partial charge in [0.05, 0.1) is 10.6 Å². The molecule has 2 aromatic heterocycles. The van der Waals surface area contributed by atoms with E-state index < -0.39 is 12.0 Å². The molecule has 0 saturated carbocycles. The molecule has 2 rings (SSSR count). The number of thiazole rings is 1. The van der Waals surface area contributed by atoms with Gasteiger partial charge in [-0.15, -0.1) is 11.3 Å². The predicted molar refractivity (Wildman–Crippen MR) is 60.0 cm³/mol. The molecule has 0 aliphatic carbocycles. The van der Waals surface area contributed by atoms with E-state index in [-0.39, 0.29) is 10.8 Å². The number of carbonyl (C=O) groups is 2. The summed E-state index contributed by atoms with van der Waals surface area (Å²) in [7, 11) is 0. The number of aryl methyl sites for hydroxylation is 1. The monoisotopic (exact) mass is 252 g/mol. The molecule has 1 amide bonds. The third-order valence-electron chi connectivity index (χ3n) is 2.06. The third-order valence-corrected chi connectivity index (χ3v) is 3.23. The molecule has 7 nitrogen and oxygen atoms in total. The molecule has 88 valence electrons. The van der Waals surface area contributed by atoms with Gasteiger partial charge in [0.1, 0.15) is 0 Å².